The third-order valence-corrected chi connectivity index (χ3v) is 5.04. The van der Waals surface area contributed by atoms with Crippen LogP contribution in [0.25, 0.3) is 0 Å². The van der Waals surface area contributed by atoms with Gasteiger partial charge in [-0.05, 0) is 48.7 Å². The average Bonchev–Trinajstić information content (AvgIpc) is 2.56. The van der Waals surface area contributed by atoms with E-state index in [9.17, 15) is 13.2 Å². The molecular formula is C18H23N3O3S. The normalized spacial score (nSPS) is 11.1. The fraction of sp³-hybridized carbons (Fsp3) is 0.278. The van der Waals surface area contributed by atoms with E-state index in [0.717, 1.165) is 5.56 Å². The zero-order valence-corrected chi connectivity index (χ0v) is 15.0. The Morgan fingerprint density at radius 2 is 1.84 bits per heavy atom. The summed E-state index contributed by atoms with van der Waals surface area (Å²) < 4.78 is 26.1. The van der Waals surface area contributed by atoms with Crippen LogP contribution in [0.15, 0.2) is 48.5 Å². The lowest BCUT2D eigenvalue weighted by atomic mass is 10.1. The molecule has 0 heterocycles. The molecule has 134 valence electrons. The molecule has 2 aromatic carbocycles. The molecule has 0 spiro atoms. The van der Waals surface area contributed by atoms with E-state index in [2.05, 4.69) is 10.0 Å². The van der Waals surface area contributed by atoms with Gasteiger partial charge in [0.2, 0.25) is 10.0 Å². The third kappa shape index (κ3) is 6.11. The first-order chi connectivity index (χ1) is 11.9. The van der Waals surface area contributed by atoms with Crippen molar-refractivity contribution < 1.29 is 13.2 Å². The fourth-order valence-corrected chi connectivity index (χ4v) is 3.46. The number of nitrogen functional groups attached to an aromatic ring is 1. The molecule has 0 aliphatic heterocycles. The summed E-state index contributed by atoms with van der Waals surface area (Å²) in [7, 11) is -3.38. The third-order valence-electron chi connectivity index (χ3n) is 3.55. The highest BCUT2D eigenvalue weighted by Gasteiger charge is 2.11. The van der Waals surface area contributed by atoms with E-state index in [4.69, 9.17) is 5.73 Å². The first-order valence-corrected chi connectivity index (χ1v) is 9.78. The van der Waals surface area contributed by atoms with Gasteiger partial charge in [0.25, 0.3) is 5.91 Å². The number of carbonyl (C=O) groups is 1. The van der Waals surface area contributed by atoms with Crippen LogP contribution in [0.4, 0.5) is 11.4 Å². The van der Waals surface area contributed by atoms with Gasteiger partial charge in [-0.3, -0.25) is 9.52 Å². The summed E-state index contributed by atoms with van der Waals surface area (Å²) >= 11 is 0. The van der Waals surface area contributed by atoms with Gasteiger partial charge in [0, 0.05) is 23.5 Å². The second kappa shape index (κ2) is 8.53. The van der Waals surface area contributed by atoms with Crippen LogP contribution in [-0.2, 0) is 16.4 Å². The van der Waals surface area contributed by atoms with Gasteiger partial charge in [-0.2, -0.15) is 0 Å². The molecule has 0 unspecified atom stereocenters. The number of anilines is 2. The van der Waals surface area contributed by atoms with Crippen molar-refractivity contribution in [3.05, 3.63) is 59.7 Å². The summed E-state index contributed by atoms with van der Waals surface area (Å²) in [5.74, 6) is -0.197. The summed E-state index contributed by atoms with van der Waals surface area (Å²) in [5.41, 5.74) is 8.22. The van der Waals surface area contributed by atoms with Crippen molar-refractivity contribution in [3.63, 3.8) is 0 Å². The number of amides is 1. The Morgan fingerprint density at radius 1 is 1.12 bits per heavy atom. The van der Waals surface area contributed by atoms with Crippen molar-refractivity contribution in [2.75, 3.05) is 22.8 Å². The highest BCUT2D eigenvalue weighted by molar-refractivity contribution is 7.92. The molecule has 2 aromatic rings. The largest absolute Gasteiger partial charge is 0.399 e. The number of sulfonamides is 1. The van der Waals surface area contributed by atoms with E-state index in [1.54, 1.807) is 25.1 Å². The molecule has 0 saturated heterocycles. The number of nitrogens with one attached hydrogen (secondary N) is 2. The molecule has 0 aliphatic carbocycles. The van der Waals surface area contributed by atoms with Gasteiger partial charge >= 0.3 is 0 Å². The van der Waals surface area contributed by atoms with Gasteiger partial charge in [0.1, 0.15) is 0 Å². The molecule has 6 nitrogen and oxygen atoms in total. The topological polar surface area (TPSA) is 101 Å². The molecule has 1 amide bonds. The standard InChI is InChI=1S/C18H23N3O3S/c1-2-12-25(23,24)21-17-5-3-4-15(13-17)18(22)20-11-10-14-6-8-16(19)9-7-14/h3-9,13,21H,2,10-12,19H2,1H3,(H,20,22). The van der Waals surface area contributed by atoms with Crippen LogP contribution in [-0.4, -0.2) is 26.6 Å². The minimum absolute atomic E-state index is 0.0466. The number of rotatable bonds is 8. The molecule has 0 aromatic heterocycles. The molecule has 0 saturated carbocycles. The van der Waals surface area contributed by atoms with E-state index in [1.165, 1.54) is 6.07 Å². The maximum Gasteiger partial charge on any atom is 0.251 e. The zero-order valence-electron chi connectivity index (χ0n) is 14.2. The Bertz CT molecular complexity index is 818. The minimum atomic E-state index is -3.38. The molecule has 0 radical (unpaired) electrons. The molecule has 7 heteroatoms. The molecule has 25 heavy (non-hydrogen) atoms. The summed E-state index contributed by atoms with van der Waals surface area (Å²) in [6, 6.07) is 13.9. The average molecular weight is 361 g/mol. The van der Waals surface area contributed by atoms with Crippen molar-refractivity contribution in [2.24, 2.45) is 0 Å². The Kier molecular flexibility index (Phi) is 6.41. The first-order valence-electron chi connectivity index (χ1n) is 8.13. The van der Waals surface area contributed by atoms with Gasteiger partial charge in [0.05, 0.1) is 5.75 Å². The highest BCUT2D eigenvalue weighted by Crippen LogP contribution is 2.13. The summed E-state index contributed by atoms with van der Waals surface area (Å²) in [6.45, 7) is 2.28. The summed E-state index contributed by atoms with van der Waals surface area (Å²) in [5, 5.41) is 2.83. The van der Waals surface area contributed by atoms with Crippen LogP contribution in [0, 0.1) is 0 Å². The van der Waals surface area contributed by atoms with Crippen molar-refractivity contribution >= 4 is 27.3 Å². The zero-order chi connectivity index (χ0) is 18.3. The Morgan fingerprint density at radius 3 is 2.52 bits per heavy atom. The molecule has 0 aliphatic rings. The molecule has 0 bridgehead atoms. The van der Waals surface area contributed by atoms with Crippen LogP contribution >= 0.6 is 0 Å². The maximum atomic E-state index is 12.2. The van der Waals surface area contributed by atoms with Crippen LogP contribution in [0.5, 0.6) is 0 Å². The fourth-order valence-electron chi connectivity index (χ4n) is 2.33. The van der Waals surface area contributed by atoms with Crippen LogP contribution in [0.1, 0.15) is 29.3 Å². The first kappa shape index (κ1) is 18.8. The van der Waals surface area contributed by atoms with Crippen LogP contribution in [0.3, 0.4) is 0 Å². The van der Waals surface area contributed by atoms with Gasteiger partial charge in [-0.15, -0.1) is 0 Å². The van der Waals surface area contributed by atoms with Crippen LogP contribution in [0.2, 0.25) is 0 Å². The lowest BCUT2D eigenvalue weighted by molar-refractivity contribution is 0.0954. The number of hydrogen-bond donors (Lipinski definition) is 3. The highest BCUT2D eigenvalue weighted by atomic mass is 32.2. The van der Waals surface area contributed by atoms with Crippen molar-refractivity contribution in [2.45, 2.75) is 19.8 Å². The smallest absolute Gasteiger partial charge is 0.251 e. The lowest BCUT2D eigenvalue weighted by Gasteiger charge is -2.09. The molecule has 0 atom stereocenters. The predicted octanol–water partition coefficient (Wildman–Crippen LogP) is 2.39. The molecule has 0 fully saturated rings. The molecule has 4 N–H and O–H groups in total. The van der Waals surface area contributed by atoms with Crippen LogP contribution < -0.4 is 15.8 Å². The van der Waals surface area contributed by atoms with E-state index >= 15 is 0 Å². The van der Waals surface area contributed by atoms with Gasteiger partial charge in [-0.1, -0.05) is 25.1 Å². The van der Waals surface area contributed by atoms with E-state index in [-0.39, 0.29) is 11.7 Å². The van der Waals surface area contributed by atoms with Gasteiger partial charge in [-0.25, -0.2) is 8.42 Å². The number of nitrogens with two attached hydrogens (primary N) is 1. The Hall–Kier alpha value is -2.54. The van der Waals surface area contributed by atoms with E-state index in [0.29, 0.717) is 36.3 Å². The van der Waals surface area contributed by atoms with Crippen molar-refractivity contribution in [3.8, 4) is 0 Å². The van der Waals surface area contributed by atoms with E-state index < -0.39 is 10.0 Å². The molecular weight excluding hydrogens is 338 g/mol. The number of benzene rings is 2. The Balaban J connectivity index is 1.93. The lowest BCUT2D eigenvalue weighted by Crippen LogP contribution is -2.26. The SMILES string of the molecule is CCCS(=O)(=O)Nc1cccc(C(=O)NCCc2ccc(N)cc2)c1. The molecule has 2 rings (SSSR count). The van der Waals surface area contributed by atoms with Gasteiger partial charge in [0.15, 0.2) is 0 Å². The monoisotopic (exact) mass is 361 g/mol. The number of carbonyl (C=O) groups excluding carboxylic acids is 1. The van der Waals surface area contributed by atoms with Crippen molar-refractivity contribution in [1.29, 1.82) is 0 Å². The van der Waals surface area contributed by atoms with Crippen molar-refractivity contribution in [1.82, 2.24) is 5.32 Å². The predicted molar refractivity (Wildman–Crippen MR) is 101 cm³/mol. The second-order valence-electron chi connectivity index (χ2n) is 5.75. The maximum absolute atomic E-state index is 12.2. The summed E-state index contributed by atoms with van der Waals surface area (Å²) in [6.07, 6.45) is 1.22. The quantitative estimate of drug-likeness (QED) is 0.628. The minimum Gasteiger partial charge on any atom is -0.399 e. The second-order valence-corrected chi connectivity index (χ2v) is 7.59. The Labute approximate surface area is 148 Å². The number of hydrogen-bond acceptors (Lipinski definition) is 4. The van der Waals surface area contributed by atoms with Gasteiger partial charge < -0.3 is 11.1 Å². The van der Waals surface area contributed by atoms with E-state index in [1.807, 2.05) is 24.3 Å². The summed E-state index contributed by atoms with van der Waals surface area (Å²) in [4.78, 5) is 12.2.